The third-order valence-corrected chi connectivity index (χ3v) is 7.67. The van der Waals surface area contributed by atoms with Gasteiger partial charge in [-0.3, -0.25) is 9.59 Å². The Morgan fingerprint density at radius 2 is 1.55 bits per heavy atom. The van der Waals surface area contributed by atoms with Crippen molar-refractivity contribution in [3.63, 3.8) is 0 Å². The minimum Gasteiger partial charge on any atom is -0.508 e. The van der Waals surface area contributed by atoms with E-state index in [9.17, 15) is 50.4 Å². The molecule has 0 unspecified atom stereocenters. The molecule has 0 amide bonds. The molecular formula is C29H32O15. The van der Waals surface area contributed by atoms with Crippen molar-refractivity contribution in [3.8, 4) is 28.6 Å². The Labute approximate surface area is 248 Å². The molecule has 1 aromatic heterocycles. The van der Waals surface area contributed by atoms with Crippen molar-refractivity contribution in [1.82, 2.24) is 0 Å². The van der Waals surface area contributed by atoms with Gasteiger partial charge in [0, 0.05) is 24.6 Å². The molecule has 2 aliphatic rings. The van der Waals surface area contributed by atoms with Gasteiger partial charge in [0.15, 0.2) is 17.3 Å². The van der Waals surface area contributed by atoms with Crippen molar-refractivity contribution in [1.29, 1.82) is 0 Å². The first-order valence-electron chi connectivity index (χ1n) is 13.6. The highest BCUT2D eigenvalue weighted by atomic mass is 16.7. The summed E-state index contributed by atoms with van der Waals surface area (Å²) >= 11 is 0. The van der Waals surface area contributed by atoms with E-state index in [0.717, 1.165) is 19.1 Å². The van der Waals surface area contributed by atoms with Gasteiger partial charge >= 0.3 is 5.97 Å². The fourth-order valence-corrected chi connectivity index (χ4v) is 5.33. The molecule has 3 heterocycles. The molecule has 8 N–H and O–H groups in total. The van der Waals surface area contributed by atoms with Gasteiger partial charge in [-0.1, -0.05) is 0 Å². The van der Waals surface area contributed by atoms with Crippen molar-refractivity contribution >= 4 is 16.9 Å². The van der Waals surface area contributed by atoms with Crippen LogP contribution in [0.5, 0.6) is 17.2 Å². The summed E-state index contributed by atoms with van der Waals surface area (Å²) in [6.07, 6.45) is -16.0. The Kier molecular flexibility index (Phi) is 8.84. The van der Waals surface area contributed by atoms with Gasteiger partial charge in [0.1, 0.15) is 83.8 Å². The van der Waals surface area contributed by atoms with E-state index in [2.05, 4.69) is 0 Å². The van der Waals surface area contributed by atoms with E-state index >= 15 is 0 Å². The van der Waals surface area contributed by atoms with E-state index in [0.29, 0.717) is 5.56 Å². The minimum atomic E-state index is -1.93. The molecule has 0 saturated carbocycles. The quantitative estimate of drug-likeness (QED) is 0.162. The van der Waals surface area contributed by atoms with E-state index in [1.807, 2.05) is 0 Å². The number of benzene rings is 2. The van der Waals surface area contributed by atoms with E-state index in [4.69, 9.17) is 23.4 Å². The largest absolute Gasteiger partial charge is 0.508 e. The second kappa shape index (κ2) is 12.3. The number of hydrogen-bond acceptors (Lipinski definition) is 15. The second-order valence-corrected chi connectivity index (χ2v) is 10.7. The number of phenolic OH excluding ortho intramolecular Hbond substituents is 3. The van der Waals surface area contributed by atoms with E-state index in [1.165, 1.54) is 31.2 Å². The topological polar surface area (TPSA) is 246 Å². The first-order valence-corrected chi connectivity index (χ1v) is 13.6. The minimum absolute atomic E-state index is 0.0319. The van der Waals surface area contributed by atoms with Crippen LogP contribution in [0, 0.1) is 0 Å². The van der Waals surface area contributed by atoms with Crippen LogP contribution < -0.4 is 5.43 Å². The standard InChI is InChI=1S/C29H32O15/c1-10-21(35)22(36)25(39)29(41-10)44-26-18(9-40-11(2)30)43-28(24(38)23(26)37)20-15(33)7-14(32)19-16(34)8-17(42-27(19)20)12-3-5-13(31)6-4-12/h3-8,10,18,21-26,28-29,31-33,35-39H,9H2,1-2H3/t10-,18-,21-,22-,23+,24+,25+,26+,28-,29-/m0/s1. The summed E-state index contributed by atoms with van der Waals surface area (Å²) in [6, 6.07) is 7.51. The van der Waals surface area contributed by atoms with Crippen LogP contribution >= 0.6 is 0 Å². The SMILES string of the molecule is CC(=O)OC[C@@H]1O[C@@H](c2c(O)cc(O)c3c(=O)cc(-c4ccc(O)cc4)oc23)[C@H](O)[C@@H](O)[C@@H]1O[C@@H]1O[C@@H](C)[C@H](O)[C@H](O)[C@H]1O. The molecule has 2 aromatic carbocycles. The number of hydrogen-bond donors (Lipinski definition) is 8. The highest BCUT2D eigenvalue weighted by Crippen LogP contribution is 2.44. The first kappa shape index (κ1) is 31.6. The lowest BCUT2D eigenvalue weighted by molar-refractivity contribution is -0.338. The molecule has 2 fully saturated rings. The highest BCUT2D eigenvalue weighted by molar-refractivity contribution is 5.89. The fourth-order valence-electron chi connectivity index (χ4n) is 5.33. The van der Waals surface area contributed by atoms with Crippen molar-refractivity contribution in [3.05, 3.63) is 52.2 Å². The highest BCUT2D eigenvalue weighted by Gasteiger charge is 2.51. The van der Waals surface area contributed by atoms with Crippen LogP contribution in [-0.2, 0) is 23.7 Å². The summed E-state index contributed by atoms with van der Waals surface area (Å²) in [6.45, 7) is 1.95. The first-order chi connectivity index (χ1) is 20.8. The maximum atomic E-state index is 13.1. The molecular weight excluding hydrogens is 588 g/mol. The summed E-state index contributed by atoms with van der Waals surface area (Å²) in [7, 11) is 0. The molecule has 10 atom stereocenters. The maximum absolute atomic E-state index is 13.1. The summed E-state index contributed by atoms with van der Waals surface area (Å²) in [5.41, 5.74) is -1.12. The van der Waals surface area contributed by atoms with E-state index < -0.39 is 96.3 Å². The predicted octanol–water partition coefficient (Wildman–Crippen LogP) is -0.486. The van der Waals surface area contributed by atoms with Gasteiger partial charge in [-0.15, -0.1) is 0 Å². The lowest BCUT2D eigenvalue weighted by Gasteiger charge is -2.46. The number of phenols is 3. The summed E-state index contributed by atoms with van der Waals surface area (Å²) in [5, 5.41) is 83.9. The van der Waals surface area contributed by atoms with Gasteiger partial charge in [0.05, 0.1) is 11.7 Å². The Hall–Kier alpha value is -3.80. The average Bonchev–Trinajstić information content (AvgIpc) is 2.97. The summed E-state index contributed by atoms with van der Waals surface area (Å²) in [5.74, 6) is -2.15. The molecule has 238 valence electrons. The molecule has 0 bridgehead atoms. The zero-order valence-corrected chi connectivity index (χ0v) is 23.4. The van der Waals surface area contributed by atoms with Crippen LogP contribution in [0.4, 0.5) is 0 Å². The van der Waals surface area contributed by atoms with Crippen LogP contribution in [-0.4, -0.2) is 109 Å². The number of esters is 1. The second-order valence-electron chi connectivity index (χ2n) is 10.7. The van der Waals surface area contributed by atoms with E-state index in [-0.39, 0.29) is 22.5 Å². The Morgan fingerprint density at radius 1 is 0.864 bits per heavy atom. The number of fused-ring (bicyclic) bond motifs is 1. The monoisotopic (exact) mass is 620 g/mol. The van der Waals surface area contributed by atoms with Gasteiger partial charge in [0.25, 0.3) is 0 Å². The summed E-state index contributed by atoms with van der Waals surface area (Å²) < 4.78 is 28.2. The lowest BCUT2D eigenvalue weighted by atomic mass is 9.89. The average molecular weight is 621 g/mol. The van der Waals surface area contributed by atoms with Crippen molar-refractivity contribution in [2.45, 2.75) is 75.1 Å². The van der Waals surface area contributed by atoms with Crippen LogP contribution in [0.3, 0.4) is 0 Å². The fraction of sp³-hybridized carbons (Fsp3) is 0.448. The Morgan fingerprint density at radius 3 is 2.20 bits per heavy atom. The Bertz CT molecular complexity index is 1570. The summed E-state index contributed by atoms with van der Waals surface area (Å²) in [4.78, 5) is 24.8. The number of aromatic hydroxyl groups is 3. The molecule has 3 aromatic rings. The number of rotatable bonds is 6. The molecule has 0 aliphatic carbocycles. The van der Waals surface area contributed by atoms with Crippen LogP contribution in [0.2, 0.25) is 0 Å². The number of carbonyl (C=O) groups is 1. The normalized spacial score (nSPS) is 32.4. The molecule has 0 radical (unpaired) electrons. The Balaban J connectivity index is 1.57. The van der Waals surface area contributed by atoms with Crippen LogP contribution in [0.1, 0.15) is 25.5 Å². The van der Waals surface area contributed by atoms with E-state index in [1.54, 1.807) is 0 Å². The van der Waals surface area contributed by atoms with Crippen LogP contribution in [0.15, 0.2) is 45.6 Å². The number of ether oxygens (including phenoxy) is 4. The molecule has 44 heavy (non-hydrogen) atoms. The molecule has 0 spiro atoms. The predicted molar refractivity (Wildman–Crippen MR) is 146 cm³/mol. The van der Waals surface area contributed by atoms with Crippen molar-refractivity contribution < 1.29 is 69.0 Å². The lowest BCUT2D eigenvalue weighted by Crippen LogP contribution is -2.62. The van der Waals surface area contributed by atoms with Gasteiger partial charge in [0.2, 0.25) is 0 Å². The molecule has 2 aliphatic heterocycles. The zero-order valence-electron chi connectivity index (χ0n) is 23.4. The van der Waals surface area contributed by atoms with Gasteiger partial charge in [-0.25, -0.2) is 0 Å². The number of carbonyl (C=O) groups excluding carboxylic acids is 1. The molecule has 15 heteroatoms. The number of aliphatic hydroxyl groups excluding tert-OH is 5. The third-order valence-electron chi connectivity index (χ3n) is 7.67. The van der Waals surface area contributed by atoms with Crippen molar-refractivity contribution in [2.24, 2.45) is 0 Å². The number of aliphatic hydroxyl groups is 5. The van der Waals surface area contributed by atoms with Gasteiger partial charge in [-0.05, 0) is 31.2 Å². The van der Waals surface area contributed by atoms with Gasteiger partial charge in [-0.2, -0.15) is 0 Å². The molecule has 2 saturated heterocycles. The molecule has 15 nitrogen and oxygen atoms in total. The van der Waals surface area contributed by atoms with Crippen molar-refractivity contribution in [2.75, 3.05) is 6.61 Å². The smallest absolute Gasteiger partial charge is 0.302 e. The zero-order chi connectivity index (χ0) is 32.0. The molecule has 5 rings (SSSR count). The van der Waals surface area contributed by atoms with Gasteiger partial charge < -0.3 is 64.2 Å². The third kappa shape index (κ3) is 5.83. The maximum Gasteiger partial charge on any atom is 0.302 e. The van der Waals surface area contributed by atoms with Crippen LogP contribution in [0.25, 0.3) is 22.3 Å².